The summed E-state index contributed by atoms with van der Waals surface area (Å²) in [6.07, 6.45) is 3.03. The number of benzene rings is 2. The lowest BCUT2D eigenvalue weighted by Gasteiger charge is -2.18. The van der Waals surface area contributed by atoms with Gasteiger partial charge in [-0.1, -0.05) is 29.8 Å². The van der Waals surface area contributed by atoms with Crippen LogP contribution in [0.25, 0.3) is 0 Å². The van der Waals surface area contributed by atoms with E-state index in [2.05, 4.69) is 5.32 Å². The molecule has 5 heteroatoms. The Morgan fingerprint density at radius 2 is 1.76 bits per heavy atom. The SMILES string of the molecule is COc1ccc(CCC(=O)NC2(c3ccc(Cl)cc3)CC2)cc1OC. The molecule has 1 fully saturated rings. The monoisotopic (exact) mass is 359 g/mol. The Labute approximate surface area is 153 Å². The first-order valence-electron chi connectivity index (χ1n) is 8.34. The minimum absolute atomic E-state index is 0.0576. The molecule has 25 heavy (non-hydrogen) atoms. The van der Waals surface area contributed by atoms with Gasteiger partial charge >= 0.3 is 0 Å². The average Bonchev–Trinajstić information content (AvgIpc) is 3.40. The highest BCUT2D eigenvalue weighted by molar-refractivity contribution is 6.30. The first kappa shape index (κ1) is 17.6. The number of rotatable bonds is 7. The van der Waals surface area contributed by atoms with Gasteiger partial charge in [0, 0.05) is 11.4 Å². The summed E-state index contributed by atoms with van der Waals surface area (Å²) in [5, 5.41) is 3.89. The van der Waals surface area contributed by atoms with Crippen LogP contribution in [-0.2, 0) is 16.8 Å². The Hall–Kier alpha value is -2.20. The maximum atomic E-state index is 12.4. The van der Waals surface area contributed by atoms with E-state index in [1.807, 2.05) is 42.5 Å². The summed E-state index contributed by atoms with van der Waals surface area (Å²) >= 11 is 5.95. The molecule has 0 aliphatic heterocycles. The van der Waals surface area contributed by atoms with Crippen LogP contribution in [0.5, 0.6) is 11.5 Å². The first-order chi connectivity index (χ1) is 12.1. The number of carbonyl (C=O) groups is 1. The third-order valence-corrected chi connectivity index (χ3v) is 4.87. The number of nitrogens with one attached hydrogen (secondary N) is 1. The van der Waals surface area contributed by atoms with E-state index in [4.69, 9.17) is 21.1 Å². The molecule has 1 aliphatic rings. The van der Waals surface area contributed by atoms with Crippen LogP contribution < -0.4 is 14.8 Å². The molecule has 3 rings (SSSR count). The van der Waals surface area contributed by atoms with Crippen LogP contribution in [0.1, 0.15) is 30.4 Å². The summed E-state index contributed by atoms with van der Waals surface area (Å²) in [5.74, 6) is 1.43. The molecule has 0 radical (unpaired) electrons. The average molecular weight is 360 g/mol. The zero-order valence-corrected chi connectivity index (χ0v) is 15.2. The van der Waals surface area contributed by atoms with E-state index in [0.29, 0.717) is 29.4 Å². The smallest absolute Gasteiger partial charge is 0.221 e. The van der Waals surface area contributed by atoms with Gasteiger partial charge in [-0.2, -0.15) is 0 Å². The minimum atomic E-state index is -0.209. The van der Waals surface area contributed by atoms with Crippen LogP contribution in [0, 0.1) is 0 Å². The molecular weight excluding hydrogens is 338 g/mol. The lowest BCUT2D eigenvalue weighted by Crippen LogP contribution is -2.34. The van der Waals surface area contributed by atoms with Crippen molar-refractivity contribution in [1.82, 2.24) is 5.32 Å². The van der Waals surface area contributed by atoms with Gasteiger partial charge in [0.2, 0.25) is 5.91 Å². The molecule has 0 heterocycles. The fourth-order valence-electron chi connectivity index (χ4n) is 3.00. The normalized spacial score (nSPS) is 14.7. The second-order valence-corrected chi connectivity index (χ2v) is 6.76. The number of amides is 1. The molecular formula is C20H22ClNO3. The molecule has 0 unspecified atom stereocenters. The van der Waals surface area contributed by atoms with Crippen LogP contribution in [0.3, 0.4) is 0 Å². The predicted octanol–water partition coefficient (Wildman–Crippen LogP) is 4.10. The number of hydrogen-bond donors (Lipinski definition) is 1. The van der Waals surface area contributed by atoms with E-state index >= 15 is 0 Å². The summed E-state index contributed by atoms with van der Waals surface area (Å²) < 4.78 is 10.5. The molecule has 2 aromatic rings. The van der Waals surface area contributed by atoms with Gasteiger partial charge in [0.25, 0.3) is 0 Å². The lowest BCUT2D eigenvalue weighted by molar-refractivity contribution is -0.122. The summed E-state index contributed by atoms with van der Waals surface area (Å²) in [6.45, 7) is 0. The number of carbonyl (C=O) groups excluding carboxylic acids is 1. The van der Waals surface area contributed by atoms with Crippen LogP contribution in [0.2, 0.25) is 5.02 Å². The summed E-state index contributed by atoms with van der Waals surface area (Å²) in [6, 6.07) is 13.5. The van der Waals surface area contributed by atoms with Crippen molar-refractivity contribution in [3.63, 3.8) is 0 Å². The second kappa shape index (κ2) is 7.36. The van der Waals surface area contributed by atoms with Crippen LogP contribution in [0.4, 0.5) is 0 Å². The highest BCUT2D eigenvalue weighted by atomic mass is 35.5. The number of halogens is 1. The van der Waals surface area contributed by atoms with Crippen molar-refractivity contribution < 1.29 is 14.3 Å². The zero-order chi connectivity index (χ0) is 17.9. The van der Waals surface area contributed by atoms with Crippen molar-refractivity contribution >= 4 is 17.5 Å². The zero-order valence-electron chi connectivity index (χ0n) is 14.5. The number of ether oxygens (including phenoxy) is 2. The van der Waals surface area contributed by atoms with Crippen LogP contribution in [0.15, 0.2) is 42.5 Å². The Morgan fingerprint density at radius 1 is 1.08 bits per heavy atom. The minimum Gasteiger partial charge on any atom is -0.493 e. The van der Waals surface area contributed by atoms with Crippen molar-refractivity contribution in [3.8, 4) is 11.5 Å². The largest absolute Gasteiger partial charge is 0.493 e. The molecule has 0 saturated heterocycles. The molecule has 1 N–H and O–H groups in total. The molecule has 1 saturated carbocycles. The van der Waals surface area contributed by atoms with E-state index in [1.165, 1.54) is 0 Å². The Morgan fingerprint density at radius 3 is 2.36 bits per heavy atom. The maximum Gasteiger partial charge on any atom is 0.221 e. The highest BCUT2D eigenvalue weighted by Crippen LogP contribution is 2.45. The van der Waals surface area contributed by atoms with E-state index in [-0.39, 0.29) is 11.4 Å². The number of aryl methyl sites for hydroxylation is 1. The van der Waals surface area contributed by atoms with Gasteiger partial charge < -0.3 is 14.8 Å². The summed E-state index contributed by atoms with van der Waals surface area (Å²) in [4.78, 5) is 12.4. The molecule has 0 aromatic heterocycles. The molecule has 2 aromatic carbocycles. The Balaban J connectivity index is 1.59. The van der Waals surface area contributed by atoms with Gasteiger partial charge in [-0.25, -0.2) is 0 Å². The fraction of sp³-hybridized carbons (Fsp3) is 0.350. The van der Waals surface area contributed by atoms with Gasteiger partial charge in [-0.05, 0) is 54.7 Å². The van der Waals surface area contributed by atoms with E-state index in [0.717, 1.165) is 24.0 Å². The van der Waals surface area contributed by atoms with Crippen molar-refractivity contribution in [3.05, 3.63) is 58.6 Å². The molecule has 1 amide bonds. The van der Waals surface area contributed by atoms with Gasteiger partial charge in [-0.15, -0.1) is 0 Å². The standard InChI is InChI=1S/C20H22ClNO3/c1-24-17-9-3-14(13-18(17)25-2)4-10-19(23)22-20(11-12-20)15-5-7-16(21)8-6-15/h3,5-9,13H,4,10-12H2,1-2H3,(H,22,23). The third-order valence-electron chi connectivity index (χ3n) is 4.61. The molecule has 4 nitrogen and oxygen atoms in total. The van der Waals surface area contributed by atoms with Crippen molar-refractivity contribution in [1.29, 1.82) is 0 Å². The van der Waals surface area contributed by atoms with Gasteiger partial charge in [0.05, 0.1) is 19.8 Å². The maximum absolute atomic E-state index is 12.4. The van der Waals surface area contributed by atoms with Crippen LogP contribution in [-0.4, -0.2) is 20.1 Å². The first-order valence-corrected chi connectivity index (χ1v) is 8.72. The fourth-order valence-corrected chi connectivity index (χ4v) is 3.13. The summed E-state index contributed by atoms with van der Waals surface area (Å²) in [5.41, 5.74) is 1.96. The molecule has 0 spiro atoms. The van der Waals surface area contributed by atoms with Gasteiger partial charge in [0.15, 0.2) is 11.5 Å². The van der Waals surface area contributed by atoms with Gasteiger partial charge in [-0.3, -0.25) is 4.79 Å². The molecule has 0 atom stereocenters. The van der Waals surface area contributed by atoms with E-state index in [9.17, 15) is 4.79 Å². The topological polar surface area (TPSA) is 47.6 Å². The van der Waals surface area contributed by atoms with Crippen LogP contribution >= 0.6 is 11.6 Å². The van der Waals surface area contributed by atoms with E-state index < -0.39 is 0 Å². The predicted molar refractivity (Wildman–Crippen MR) is 98.4 cm³/mol. The molecule has 132 valence electrons. The number of methoxy groups -OCH3 is 2. The van der Waals surface area contributed by atoms with E-state index in [1.54, 1.807) is 14.2 Å². The number of hydrogen-bond acceptors (Lipinski definition) is 3. The quantitative estimate of drug-likeness (QED) is 0.809. The molecule has 1 aliphatic carbocycles. The lowest BCUT2D eigenvalue weighted by atomic mass is 10.0. The van der Waals surface area contributed by atoms with Crippen molar-refractivity contribution in [2.24, 2.45) is 0 Å². The van der Waals surface area contributed by atoms with Crippen molar-refractivity contribution in [2.75, 3.05) is 14.2 Å². The molecule has 0 bridgehead atoms. The summed E-state index contributed by atoms with van der Waals surface area (Å²) in [7, 11) is 3.22. The van der Waals surface area contributed by atoms with Crippen molar-refractivity contribution in [2.45, 2.75) is 31.2 Å². The van der Waals surface area contributed by atoms with Gasteiger partial charge in [0.1, 0.15) is 0 Å². The second-order valence-electron chi connectivity index (χ2n) is 6.33. The Bertz CT molecular complexity index is 754. The highest BCUT2D eigenvalue weighted by Gasteiger charge is 2.45. The third kappa shape index (κ3) is 4.07. The Kier molecular flexibility index (Phi) is 5.19.